The van der Waals surface area contributed by atoms with E-state index in [9.17, 15) is 14.4 Å². The van der Waals surface area contributed by atoms with E-state index in [-0.39, 0.29) is 25.4 Å². The van der Waals surface area contributed by atoms with Gasteiger partial charge < -0.3 is 15.9 Å². The van der Waals surface area contributed by atoms with E-state index >= 15 is 0 Å². The first kappa shape index (κ1) is 14.4. The monoisotopic (exact) mass is 231 g/mol. The Kier molecular flexibility index (Phi) is 6.86. The van der Waals surface area contributed by atoms with Gasteiger partial charge in [-0.05, 0) is 5.92 Å². The lowest BCUT2D eigenvalue weighted by Crippen LogP contribution is -2.40. The van der Waals surface area contributed by atoms with Gasteiger partial charge in [-0.2, -0.15) is 5.48 Å². The molecule has 0 saturated carbocycles. The molecule has 7 nitrogen and oxygen atoms in total. The van der Waals surface area contributed by atoms with Crippen molar-refractivity contribution >= 4 is 17.8 Å². The molecule has 0 spiro atoms. The Morgan fingerprint density at radius 3 is 2.38 bits per heavy atom. The SMILES string of the molecule is CC(C)CC(=O)ONC(=O)CNC(=O)CN. The second-order valence-corrected chi connectivity index (χ2v) is 3.58. The molecule has 0 heterocycles. The van der Waals surface area contributed by atoms with E-state index in [1.165, 1.54) is 0 Å². The fraction of sp³-hybridized carbons (Fsp3) is 0.667. The van der Waals surface area contributed by atoms with Crippen LogP contribution in [0.4, 0.5) is 0 Å². The smallest absolute Gasteiger partial charge is 0.332 e. The highest BCUT2D eigenvalue weighted by Crippen LogP contribution is 1.99. The second-order valence-electron chi connectivity index (χ2n) is 3.58. The third-order valence-electron chi connectivity index (χ3n) is 1.49. The Bertz CT molecular complexity index is 265. The minimum absolute atomic E-state index is 0.154. The number of amides is 2. The number of hydrogen-bond donors (Lipinski definition) is 3. The third kappa shape index (κ3) is 7.74. The predicted molar refractivity (Wildman–Crippen MR) is 55.8 cm³/mol. The Morgan fingerprint density at radius 1 is 1.25 bits per heavy atom. The van der Waals surface area contributed by atoms with Crippen LogP contribution in [0.25, 0.3) is 0 Å². The number of carbonyl (C=O) groups is 3. The van der Waals surface area contributed by atoms with Gasteiger partial charge in [-0.15, -0.1) is 0 Å². The van der Waals surface area contributed by atoms with Crippen molar-refractivity contribution in [2.45, 2.75) is 20.3 Å². The van der Waals surface area contributed by atoms with Crippen LogP contribution in [0.1, 0.15) is 20.3 Å². The molecule has 0 aromatic rings. The molecule has 0 aliphatic carbocycles. The van der Waals surface area contributed by atoms with Gasteiger partial charge in [0, 0.05) is 0 Å². The van der Waals surface area contributed by atoms with Crippen LogP contribution in [0.3, 0.4) is 0 Å². The summed E-state index contributed by atoms with van der Waals surface area (Å²) in [6, 6.07) is 0. The maximum absolute atomic E-state index is 11.0. The standard InChI is InChI=1S/C9H17N3O4/c1-6(2)3-9(15)16-12-8(14)5-11-7(13)4-10/h6H,3-5,10H2,1-2H3,(H,11,13)(H,12,14). The average Bonchev–Trinajstić information content (AvgIpc) is 2.22. The minimum Gasteiger partial charge on any atom is -0.346 e. The third-order valence-corrected chi connectivity index (χ3v) is 1.49. The first-order valence-electron chi connectivity index (χ1n) is 4.91. The zero-order chi connectivity index (χ0) is 12.6. The molecular formula is C9H17N3O4. The van der Waals surface area contributed by atoms with Crippen LogP contribution in [0.15, 0.2) is 0 Å². The number of hydroxylamine groups is 1. The lowest BCUT2D eigenvalue weighted by atomic mass is 10.1. The molecule has 0 aromatic heterocycles. The normalized spacial score (nSPS) is 9.75. The van der Waals surface area contributed by atoms with Crippen molar-refractivity contribution in [3.05, 3.63) is 0 Å². The van der Waals surface area contributed by atoms with E-state index in [1.807, 2.05) is 19.3 Å². The summed E-state index contributed by atoms with van der Waals surface area (Å²) in [6.07, 6.45) is 0.218. The Morgan fingerprint density at radius 2 is 1.88 bits per heavy atom. The molecule has 4 N–H and O–H groups in total. The maximum Gasteiger partial charge on any atom is 0.332 e. The molecule has 0 rings (SSSR count). The second kappa shape index (κ2) is 7.63. The van der Waals surface area contributed by atoms with Gasteiger partial charge in [0.2, 0.25) is 5.91 Å². The predicted octanol–water partition coefficient (Wildman–Crippen LogP) is -1.32. The summed E-state index contributed by atoms with van der Waals surface area (Å²) in [5.74, 6) is -1.43. The van der Waals surface area contributed by atoms with Gasteiger partial charge in [-0.1, -0.05) is 13.8 Å². The summed E-state index contributed by atoms with van der Waals surface area (Å²) in [7, 11) is 0. The Hall–Kier alpha value is -1.63. The molecule has 0 unspecified atom stereocenters. The molecule has 7 heteroatoms. The molecule has 92 valence electrons. The maximum atomic E-state index is 11.0. The average molecular weight is 231 g/mol. The summed E-state index contributed by atoms with van der Waals surface area (Å²) in [6.45, 7) is 3.24. The van der Waals surface area contributed by atoms with E-state index in [1.54, 1.807) is 0 Å². The molecule has 16 heavy (non-hydrogen) atoms. The van der Waals surface area contributed by atoms with Crippen molar-refractivity contribution in [1.29, 1.82) is 0 Å². The lowest BCUT2D eigenvalue weighted by molar-refractivity contribution is -0.158. The molecule has 0 radical (unpaired) electrons. The minimum atomic E-state index is -0.612. The Balaban J connectivity index is 3.65. The van der Waals surface area contributed by atoms with E-state index in [2.05, 4.69) is 10.2 Å². The first-order valence-corrected chi connectivity index (χ1v) is 4.91. The number of hydrogen-bond acceptors (Lipinski definition) is 5. The zero-order valence-electron chi connectivity index (χ0n) is 9.41. The van der Waals surface area contributed by atoms with Crippen molar-refractivity contribution in [2.24, 2.45) is 11.7 Å². The van der Waals surface area contributed by atoms with Gasteiger partial charge >= 0.3 is 5.97 Å². The number of nitrogens with two attached hydrogens (primary N) is 1. The highest BCUT2D eigenvalue weighted by atomic mass is 16.7. The fourth-order valence-electron chi connectivity index (χ4n) is 0.776. The summed E-state index contributed by atoms with van der Waals surface area (Å²) >= 11 is 0. The van der Waals surface area contributed by atoms with Crippen LogP contribution >= 0.6 is 0 Å². The largest absolute Gasteiger partial charge is 0.346 e. The van der Waals surface area contributed by atoms with Gasteiger partial charge in [0.25, 0.3) is 5.91 Å². The van der Waals surface area contributed by atoms with Gasteiger partial charge in [-0.3, -0.25) is 9.59 Å². The summed E-state index contributed by atoms with van der Waals surface area (Å²) < 4.78 is 0. The van der Waals surface area contributed by atoms with Crippen molar-refractivity contribution in [3.8, 4) is 0 Å². The van der Waals surface area contributed by atoms with Crippen molar-refractivity contribution in [3.63, 3.8) is 0 Å². The highest BCUT2D eigenvalue weighted by molar-refractivity contribution is 5.85. The first-order chi connectivity index (χ1) is 7.45. The van der Waals surface area contributed by atoms with Crippen molar-refractivity contribution < 1.29 is 19.2 Å². The summed E-state index contributed by atoms with van der Waals surface area (Å²) in [5.41, 5.74) is 6.93. The van der Waals surface area contributed by atoms with E-state index in [4.69, 9.17) is 5.73 Å². The van der Waals surface area contributed by atoms with E-state index < -0.39 is 17.8 Å². The molecule has 0 aromatic carbocycles. The van der Waals surface area contributed by atoms with E-state index in [0.29, 0.717) is 0 Å². The van der Waals surface area contributed by atoms with Gasteiger partial charge in [0.05, 0.1) is 19.5 Å². The van der Waals surface area contributed by atoms with Crippen molar-refractivity contribution in [2.75, 3.05) is 13.1 Å². The molecular weight excluding hydrogens is 214 g/mol. The van der Waals surface area contributed by atoms with Crippen LogP contribution in [-0.2, 0) is 19.2 Å². The number of carbonyl (C=O) groups excluding carboxylic acids is 3. The molecule has 0 aliphatic heterocycles. The molecule has 0 bridgehead atoms. The topological polar surface area (TPSA) is 111 Å². The molecule has 0 atom stereocenters. The molecule has 0 aliphatic rings. The van der Waals surface area contributed by atoms with Gasteiger partial charge in [0.1, 0.15) is 0 Å². The summed E-state index contributed by atoms with van der Waals surface area (Å²) in [5, 5.41) is 2.23. The highest BCUT2D eigenvalue weighted by Gasteiger charge is 2.09. The lowest BCUT2D eigenvalue weighted by Gasteiger charge is -2.07. The van der Waals surface area contributed by atoms with Crippen LogP contribution in [0.5, 0.6) is 0 Å². The van der Waals surface area contributed by atoms with E-state index in [0.717, 1.165) is 0 Å². The summed E-state index contributed by atoms with van der Waals surface area (Å²) in [4.78, 5) is 37.2. The zero-order valence-corrected chi connectivity index (χ0v) is 9.41. The molecule has 2 amide bonds. The van der Waals surface area contributed by atoms with Crippen LogP contribution in [0, 0.1) is 5.92 Å². The molecule has 0 fully saturated rings. The van der Waals surface area contributed by atoms with Crippen LogP contribution < -0.4 is 16.5 Å². The van der Waals surface area contributed by atoms with Crippen LogP contribution in [0.2, 0.25) is 0 Å². The fourth-order valence-corrected chi connectivity index (χ4v) is 0.776. The Labute approximate surface area is 93.7 Å². The van der Waals surface area contributed by atoms with Crippen LogP contribution in [-0.4, -0.2) is 30.9 Å². The van der Waals surface area contributed by atoms with Gasteiger partial charge in [-0.25, -0.2) is 4.79 Å². The van der Waals surface area contributed by atoms with Crippen molar-refractivity contribution in [1.82, 2.24) is 10.8 Å². The van der Waals surface area contributed by atoms with Gasteiger partial charge in [0.15, 0.2) is 0 Å². The quantitative estimate of drug-likeness (QED) is 0.508. The number of nitrogens with one attached hydrogen (secondary N) is 2. The number of rotatable bonds is 5. The molecule has 0 saturated heterocycles.